The number of rotatable bonds is 7. The van der Waals surface area contributed by atoms with Crippen molar-refractivity contribution in [2.75, 3.05) is 18.5 Å². The summed E-state index contributed by atoms with van der Waals surface area (Å²) in [5, 5.41) is 3.18. The molecule has 0 aliphatic heterocycles. The van der Waals surface area contributed by atoms with Crippen molar-refractivity contribution < 1.29 is 19.1 Å². The molecule has 0 heterocycles. The van der Waals surface area contributed by atoms with Gasteiger partial charge in [-0.2, -0.15) is 0 Å². The number of anilines is 1. The van der Waals surface area contributed by atoms with Gasteiger partial charge in [-0.15, -0.1) is 0 Å². The van der Waals surface area contributed by atoms with Crippen molar-refractivity contribution in [1.29, 1.82) is 0 Å². The molecule has 0 radical (unpaired) electrons. The van der Waals surface area contributed by atoms with Crippen LogP contribution in [0.4, 0.5) is 5.69 Å². The van der Waals surface area contributed by atoms with E-state index in [1.807, 2.05) is 6.92 Å². The summed E-state index contributed by atoms with van der Waals surface area (Å²) >= 11 is 17.8. The molecule has 1 N–H and O–H groups in total. The molecular weight excluding hydrogens is 413 g/mol. The molecule has 0 fully saturated rings. The minimum absolute atomic E-state index is 0.183. The van der Waals surface area contributed by atoms with Crippen molar-refractivity contribution in [3.05, 3.63) is 63.1 Å². The summed E-state index contributed by atoms with van der Waals surface area (Å²) in [4.78, 5) is 23.6. The van der Waals surface area contributed by atoms with Gasteiger partial charge in [0.25, 0.3) is 5.91 Å². The number of hydrogen-bond acceptors (Lipinski definition) is 4. The number of carbonyl (C=O) groups excluding carboxylic acids is 2. The molecule has 8 heteroatoms. The third-order valence-electron chi connectivity index (χ3n) is 3.22. The van der Waals surface area contributed by atoms with Gasteiger partial charge in [0.1, 0.15) is 5.75 Å². The maximum Gasteiger partial charge on any atom is 0.331 e. The van der Waals surface area contributed by atoms with Crippen LogP contribution in [-0.4, -0.2) is 25.1 Å². The summed E-state index contributed by atoms with van der Waals surface area (Å²) in [6.45, 7) is 1.99. The maximum absolute atomic E-state index is 11.9. The Labute approximate surface area is 171 Å². The van der Waals surface area contributed by atoms with Crippen molar-refractivity contribution in [2.45, 2.75) is 6.92 Å². The van der Waals surface area contributed by atoms with E-state index >= 15 is 0 Å². The van der Waals surface area contributed by atoms with Gasteiger partial charge in [0, 0.05) is 11.1 Å². The second kappa shape index (κ2) is 10.2. The van der Waals surface area contributed by atoms with Crippen LogP contribution in [0.15, 0.2) is 42.5 Å². The van der Waals surface area contributed by atoms with E-state index in [9.17, 15) is 9.59 Å². The van der Waals surface area contributed by atoms with Crippen LogP contribution in [0.5, 0.6) is 5.75 Å². The highest BCUT2D eigenvalue weighted by Gasteiger charge is 2.12. The number of hydrogen-bond donors (Lipinski definition) is 1. The normalized spacial score (nSPS) is 10.7. The van der Waals surface area contributed by atoms with Crippen LogP contribution in [0.3, 0.4) is 0 Å². The van der Waals surface area contributed by atoms with Crippen molar-refractivity contribution in [2.24, 2.45) is 0 Å². The average molecular weight is 429 g/mol. The van der Waals surface area contributed by atoms with E-state index in [0.717, 1.165) is 11.3 Å². The minimum Gasteiger partial charge on any atom is -0.494 e. The summed E-state index contributed by atoms with van der Waals surface area (Å²) in [7, 11) is 0. The highest BCUT2D eigenvalue weighted by molar-refractivity contribution is 6.42. The van der Waals surface area contributed by atoms with Crippen LogP contribution in [-0.2, 0) is 14.3 Å². The van der Waals surface area contributed by atoms with Crippen molar-refractivity contribution >= 4 is 58.4 Å². The van der Waals surface area contributed by atoms with Crippen LogP contribution in [0.1, 0.15) is 12.5 Å². The second-order valence-electron chi connectivity index (χ2n) is 5.24. The first kappa shape index (κ1) is 21.1. The summed E-state index contributed by atoms with van der Waals surface area (Å²) in [5.41, 5.74) is 0.994. The van der Waals surface area contributed by atoms with Crippen molar-refractivity contribution in [1.82, 2.24) is 0 Å². The first-order valence-corrected chi connectivity index (χ1v) is 9.04. The number of nitrogens with one attached hydrogen (secondary N) is 1. The molecule has 2 aromatic rings. The fraction of sp³-hybridized carbons (Fsp3) is 0.158. The Morgan fingerprint density at radius 1 is 1.07 bits per heavy atom. The van der Waals surface area contributed by atoms with Crippen LogP contribution < -0.4 is 10.1 Å². The average Bonchev–Trinajstić information content (AvgIpc) is 2.62. The van der Waals surface area contributed by atoms with Crippen molar-refractivity contribution in [3.8, 4) is 5.75 Å². The van der Waals surface area contributed by atoms with Gasteiger partial charge >= 0.3 is 5.97 Å². The highest BCUT2D eigenvalue weighted by atomic mass is 35.5. The Morgan fingerprint density at radius 3 is 2.30 bits per heavy atom. The summed E-state index contributed by atoms with van der Waals surface area (Å²) < 4.78 is 10.2. The van der Waals surface area contributed by atoms with Crippen molar-refractivity contribution in [3.63, 3.8) is 0 Å². The van der Waals surface area contributed by atoms with E-state index in [-0.39, 0.29) is 15.7 Å². The van der Waals surface area contributed by atoms with E-state index in [0.29, 0.717) is 11.6 Å². The van der Waals surface area contributed by atoms with E-state index in [1.165, 1.54) is 18.2 Å². The minimum atomic E-state index is -0.660. The molecule has 2 aromatic carbocycles. The van der Waals surface area contributed by atoms with Gasteiger partial charge in [0.15, 0.2) is 6.61 Å². The van der Waals surface area contributed by atoms with E-state index in [4.69, 9.17) is 44.3 Å². The zero-order valence-corrected chi connectivity index (χ0v) is 16.6. The summed E-state index contributed by atoms with van der Waals surface area (Å²) in [6, 6.07) is 10.1. The topological polar surface area (TPSA) is 64.6 Å². The quantitative estimate of drug-likeness (QED) is 0.484. The van der Waals surface area contributed by atoms with Gasteiger partial charge < -0.3 is 14.8 Å². The molecule has 27 heavy (non-hydrogen) atoms. The van der Waals surface area contributed by atoms with E-state index in [2.05, 4.69) is 5.32 Å². The highest BCUT2D eigenvalue weighted by Crippen LogP contribution is 2.33. The number of carbonyl (C=O) groups is 2. The lowest BCUT2D eigenvalue weighted by Gasteiger charge is -2.09. The zero-order chi connectivity index (χ0) is 19.8. The lowest BCUT2D eigenvalue weighted by Crippen LogP contribution is -2.20. The van der Waals surface area contributed by atoms with Crippen LogP contribution in [0, 0.1) is 0 Å². The molecule has 0 aromatic heterocycles. The first-order chi connectivity index (χ1) is 12.9. The fourth-order valence-corrected chi connectivity index (χ4v) is 2.94. The van der Waals surface area contributed by atoms with Gasteiger partial charge in [-0.3, -0.25) is 4.79 Å². The number of halogens is 3. The maximum atomic E-state index is 11.9. The Bertz CT molecular complexity index is 828. The molecule has 0 bridgehead atoms. The largest absolute Gasteiger partial charge is 0.494 e. The fourth-order valence-electron chi connectivity index (χ4n) is 2.03. The van der Waals surface area contributed by atoms with Gasteiger partial charge in [0.05, 0.1) is 22.3 Å². The first-order valence-electron chi connectivity index (χ1n) is 7.91. The Kier molecular flexibility index (Phi) is 7.98. The smallest absolute Gasteiger partial charge is 0.331 e. The number of benzene rings is 2. The number of esters is 1. The molecule has 0 aliphatic rings. The number of amides is 1. The van der Waals surface area contributed by atoms with Crippen LogP contribution in [0.2, 0.25) is 15.1 Å². The molecule has 0 unspecified atom stereocenters. The molecule has 5 nitrogen and oxygen atoms in total. The molecular formula is C19H16Cl3NO4. The Morgan fingerprint density at radius 2 is 1.70 bits per heavy atom. The lowest BCUT2D eigenvalue weighted by atomic mass is 10.2. The second-order valence-corrected chi connectivity index (χ2v) is 6.49. The predicted molar refractivity (Wildman–Crippen MR) is 108 cm³/mol. The summed E-state index contributed by atoms with van der Waals surface area (Å²) in [5.74, 6) is -0.496. The van der Waals surface area contributed by atoms with Gasteiger partial charge in [-0.05, 0) is 42.8 Å². The summed E-state index contributed by atoms with van der Waals surface area (Å²) in [6.07, 6.45) is 2.80. The predicted octanol–water partition coefficient (Wildman–Crippen LogP) is 5.24. The SMILES string of the molecule is CCOc1ccc(/C=C/C(=O)OCC(=O)Nc2c(Cl)cc(Cl)cc2Cl)cc1. The van der Waals surface area contributed by atoms with E-state index < -0.39 is 18.5 Å². The monoisotopic (exact) mass is 427 g/mol. The van der Waals surface area contributed by atoms with Crippen LogP contribution >= 0.6 is 34.8 Å². The molecule has 1 amide bonds. The molecule has 0 atom stereocenters. The Hall–Kier alpha value is -2.21. The third kappa shape index (κ3) is 6.79. The molecule has 0 saturated heterocycles. The van der Waals surface area contributed by atoms with E-state index in [1.54, 1.807) is 30.3 Å². The number of ether oxygens (including phenoxy) is 2. The van der Waals surface area contributed by atoms with Gasteiger partial charge in [-0.25, -0.2) is 4.79 Å². The van der Waals surface area contributed by atoms with Gasteiger partial charge in [-0.1, -0.05) is 46.9 Å². The standard InChI is InChI=1S/C19H16Cl3NO4/c1-2-26-14-6-3-12(4-7-14)5-8-18(25)27-11-17(24)23-19-15(21)9-13(20)10-16(19)22/h3-10H,2,11H2,1H3,(H,23,24)/b8-5+. The molecule has 0 aliphatic carbocycles. The third-order valence-corrected chi connectivity index (χ3v) is 4.03. The molecule has 142 valence electrons. The van der Waals surface area contributed by atoms with Gasteiger partial charge in [0.2, 0.25) is 0 Å². The molecule has 2 rings (SSSR count). The Balaban J connectivity index is 1.85. The molecule has 0 spiro atoms. The van der Waals surface area contributed by atoms with Crippen LogP contribution in [0.25, 0.3) is 6.08 Å². The molecule has 0 saturated carbocycles. The lowest BCUT2D eigenvalue weighted by molar-refractivity contribution is -0.142. The zero-order valence-electron chi connectivity index (χ0n) is 14.3.